The van der Waals surface area contributed by atoms with Gasteiger partial charge >= 0.3 is 6.18 Å². The molecule has 1 aromatic carbocycles. The second-order valence-corrected chi connectivity index (χ2v) is 15.9. The molecule has 268 valence electrons. The molecular formula is C37H47F3N2O7. The summed E-state index contributed by atoms with van der Waals surface area (Å²) in [5, 5.41) is 44.9. The van der Waals surface area contributed by atoms with Crippen molar-refractivity contribution in [3.05, 3.63) is 45.2 Å². The summed E-state index contributed by atoms with van der Waals surface area (Å²) in [7, 11) is 0. The van der Waals surface area contributed by atoms with Gasteiger partial charge in [-0.1, -0.05) is 34.1 Å². The monoisotopic (exact) mass is 688 g/mol. The highest BCUT2D eigenvalue weighted by Gasteiger charge is 2.61. The van der Waals surface area contributed by atoms with Crippen LogP contribution in [0.5, 0.6) is 5.75 Å². The van der Waals surface area contributed by atoms with Gasteiger partial charge in [0.05, 0.1) is 11.1 Å². The van der Waals surface area contributed by atoms with Gasteiger partial charge < -0.3 is 26.2 Å². The Morgan fingerprint density at radius 1 is 1.12 bits per heavy atom. The van der Waals surface area contributed by atoms with Gasteiger partial charge in [0.2, 0.25) is 5.78 Å². The number of alkyl halides is 3. The number of carbonyl (C=O) groups excluding carboxylic acids is 3. The fraction of sp³-hybridized carbons (Fsp3) is 0.649. The highest BCUT2D eigenvalue weighted by Crippen LogP contribution is 2.56. The number of Topliss-reactive ketones (excluding diaryl/α,β-unsaturated/α-hetero) is 2. The highest BCUT2D eigenvalue weighted by molar-refractivity contribution is 6.22. The summed E-state index contributed by atoms with van der Waals surface area (Å²) in [6.45, 7) is 10.1. The van der Waals surface area contributed by atoms with Crippen LogP contribution in [0.4, 0.5) is 13.2 Å². The molecule has 0 bridgehead atoms. The van der Waals surface area contributed by atoms with Crippen molar-refractivity contribution in [1.82, 2.24) is 4.90 Å². The van der Waals surface area contributed by atoms with Gasteiger partial charge in [-0.25, -0.2) is 0 Å². The number of aliphatic hydroxyl groups excluding tert-OH is 2. The Labute approximate surface area is 284 Å². The van der Waals surface area contributed by atoms with E-state index in [0.717, 1.165) is 38.2 Å². The molecule has 6 rings (SSSR count). The highest BCUT2D eigenvalue weighted by atomic mass is 19.4. The predicted molar refractivity (Wildman–Crippen MR) is 174 cm³/mol. The summed E-state index contributed by atoms with van der Waals surface area (Å²) in [5.41, 5.74) is -0.808. The molecule has 49 heavy (non-hydrogen) atoms. The molecule has 1 aromatic rings. The zero-order chi connectivity index (χ0) is 36.0. The van der Waals surface area contributed by atoms with Gasteiger partial charge in [0.25, 0.3) is 5.91 Å². The van der Waals surface area contributed by atoms with E-state index in [-0.39, 0.29) is 29.5 Å². The lowest BCUT2D eigenvalue weighted by Gasteiger charge is -2.55. The van der Waals surface area contributed by atoms with Crippen LogP contribution < -0.4 is 5.73 Å². The summed E-state index contributed by atoms with van der Waals surface area (Å²) < 4.78 is 45.5. The molecule has 6 atom stereocenters. The van der Waals surface area contributed by atoms with Gasteiger partial charge in [0.1, 0.15) is 22.8 Å². The first-order valence-corrected chi connectivity index (χ1v) is 17.5. The third-order valence-corrected chi connectivity index (χ3v) is 12.6. The summed E-state index contributed by atoms with van der Waals surface area (Å²) in [4.78, 5) is 40.5. The number of primary amides is 1. The molecule has 3 saturated carbocycles. The SMILES string of the molecule is CCC[C@H](CN(Cc1cc(O)c2c(c1C(F)(F)F)CC1C[C@H]3CC(=O)C(C(N)=O)=C(O)[C@@]3(O)C(=O)C1=C2O)CC1CC1)C1CC(C)C1(C)C. The lowest BCUT2D eigenvalue weighted by Crippen LogP contribution is -2.58. The molecular weight excluding hydrogens is 641 g/mol. The van der Waals surface area contributed by atoms with Crippen molar-refractivity contribution in [3.8, 4) is 5.75 Å². The van der Waals surface area contributed by atoms with E-state index in [0.29, 0.717) is 36.8 Å². The van der Waals surface area contributed by atoms with Crippen molar-refractivity contribution in [3.63, 3.8) is 0 Å². The molecule has 5 aliphatic carbocycles. The first-order valence-electron chi connectivity index (χ1n) is 17.5. The Bertz CT molecular complexity index is 1660. The number of halogens is 3. The van der Waals surface area contributed by atoms with E-state index in [1.807, 2.05) is 0 Å². The minimum atomic E-state index is -4.87. The Hall–Kier alpha value is -3.38. The van der Waals surface area contributed by atoms with Crippen LogP contribution in [0, 0.1) is 40.9 Å². The van der Waals surface area contributed by atoms with Crippen LogP contribution in [-0.2, 0) is 33.5 Å². The maximum absolute atomic E-state index is 15.2. The maximum Gasteiger partial charge on any atom is 0.417 e. The van der Waals surface area contributed by atoms with Crippen molar-refractivity contribution in [1.29, 1.82) is 0 Å². The molecule has 0 radical (unpaired) electrons. The zero-order valence-electron chi connectivity index (χ0n) is 28.5. The average Bonchev–Trinajstić information content (AvgIpc) is 3.80. The first kappa shape index (κ1) is 35.4. The van der Waals surface area contributed by atoms with Crippen LogP contribution in [0.25, 0.3) is 5.76 Å². The van der Waals surface area contributed by atoms with E-state index in [1.165, 1.54) is 0 Å². The summed E-state index contributed by atoms with van der Waals surface area (Å²) >= 11 is 0. The summed E-state index contributed by atoms with van der Waals surface area (Å²) in [6, 6.07) is 1.02. The van der Waals surface area contributed by atoms with E-state index in [2.05, 4.69) is 32.6 Å². The van der Waals surface area contributed by atoms with E-state index >= 15 is 13.2 Å². The Kier molecular flexibility index (Phi) is 8.78. The number of ketones is 2. The van der Waals surface area contributed by atoms with Crippen LogP contribution in [0.3, 0.4) is 0 Å². The number of phenolic OH excluding ortho intramolecular Hbond substituents is 1. The summed E-state index contributed by atoms with van der Waals surface area (Å²) in [6.07, 6.45) is -1.04. The van der Waals surface area contributed by atoms with E-state index in [9.17, 15) is 34.8 Å². The van der Waals surface area contributed by atoms with E-state index < -0.39 is 93.5 Å². The number of hydrogen-bond acceptors (Lipinski definition) is 8. The summed E-state index contributed by atoms with van der Waals surface area (Å²) in [5.74, 6) is -6.90. The van der Waals surface area contributed by atoms with Gasteiger partial charge in [0, 0.05) is 37.5 Å². The minimum absolute atomic E-state index is 0.0541. The minimum Gasteiger partial charge on any atom is -0.508 e. The molecule has 0 aromatic heterocycles. The van der Waals surface area contributed by atoms with Crippen molar-refractivity contribution < 1.29 is 48.0 Å². The molecule has 0 saturated heterocycles. The number of nitrogens with two attached hydrogens (primary N) is 1. The van der Waals surface area contributed by atoms with Crippen molar-refractivity contribution in [2.75, 3.05) is 13.1 Å². The van der Waals surface area contributed by atoms with Gasteiger partial charge in [-0.2, -0.15) is 13.2 Å². The number of phenols is 1. The maximum atomic E-state index is 15.2. The van der Waals surface area contributed by atoms with Gasteiger partial charge in [-0.05, 0) is 90.7 Å². The lowest BCUT2D eigenvalue weighted by molar-refractivity contribution is -0.147. The molecule has 1 amide bonds. The van der Waals surface area contributed by atoms with Gasteiger partial charge in [-0.15, -0.1) is 0 Å². The van der Waals surface area contributed by atoms with Crippen molar-refractivity contribution >= 4 is 23.2 Å². The van der Waals surface area contributed by atoms with Crippen LogP contribution in [0.15, 0.2) is 23.0 Å². The number of benzene rings is 1. The zero-order valence-corrected chi connectivity index (χ0v) is 28.5. The number of rotatable bonds is 10. The van der Waals surface area contributed by atoms with Gasteiger partial charge in [-0.3, -0.25) is 19.3 Å². The number of aliphatic hydroxyl groups is 3. The second kappa shape index (κ2) is 12.1. The van der Waals surface area contributed by atoms with Crippen molar-refractivity contribution in [2.45, 2.75) is 97.4 Å². The lowest BCUT2D eigenvalue weighted by atomic mass is 9.51. The number of nitrogens with zero attached hydrogens (tertiary/aromatic N) is 1. The molecule has 3 fully saturated rings. The van der Waals surface area contributed by atoms with E-state index in [4.69, 9.17) is 5.73 Å². The van der Waals surface area contributed by atoms with E-state index in [1.54, 1.807) is 0 Å². The first-order chi connectivity index (χ1) is 22.8. The average molecular weight is 689 g/mol. The topological polar surface area (TPSA) is 161 Å². The number of carbonyl (C=O) groups is 3. The molecule has 0 heterocycles. The number of aromatic hydroxyl groups is 1. The third-order valence-electron chi connectivity index (χ3n) is 12.6. The molecule has 0 aliphatic heterocycles. The van der Waals surface area contributed by atoms with Crippen LogP contribution >= 0.6 is 0 Å². The molecule has 0 spiro atoms. The Morgan fingerprint density at radius 3 is 2.35 bits per heavy atom. The third kappa shape index (κ3) is 5.76. The fourth-order valence-electron chi connectivity index (χ4n) is 9.46. The smallest absolute Gasteiger partial charge is 0.417 e. The molecule has 3 unspecified atom stereocenters. The number of fused-ring (bicyclic) bond motifs is 3. The van der Waals surface area contributed by atoms with Gasteiger partial charge in [0.15, 0.2) is 11.4 Å². The second-order valence-electron chi connectivity index (χ2n) is 15.9. The molecule has 12 heteroatoms. The number of hydrogen-bond donors (Lipinski definition) is 5. The molecule has 6 N–H and O–H groups in total. The Morgan fingerprint density at radius 2 is 1.80 bits per heavy atom. The quantitative estimate of drug-likeness (QED) is 0.194. The van der Waals surface area contributed by atoms with Crippen LogP contribution in [-0.4, -0.2) is 61.5 Å². The van der Waals surface area contributed by atoms with Crippen LogP contribution in [0.2, 0.25) is 0 Å². The fourth-order valence-corrected chi connectivity index (χ4v) is 9.46. The Balaban J connectivity index is 1.41. The van der Waals surface area contributed by atoms with Crippen LogP contribution in [0.1, 0.15) is 94.9 Å². The number of amides is 1. The van der Waals surface area contributed by atoms with Crippen molar-refractivity contribution in [2.24, 2.45) is 46.7 Å². The molecule has 5 aliphatic rings. The predicted octanol–water partition coefficient (Wildman–Crippen LogP) is 5.75. The molecule has 9 nitrogen and oxygen atoms in total. The largest absolute Gasteiger partial charge is 0.508 e. The normalized spacial score (nSPS) is 30.1. The standard InChI is InChI=1S/C37H47F3N2O7/c1-5-6-19(24-9-17(2)35(24,3)4)15-42(14-18-7-8-18)16-21-12-25(43)28-23(30(21)37(38,39)40)11-20-10-22-13-26(44)29(34(41)48)33(47)36(22,49)32(46)27(20)31(28)45/h12,17-20,22,24,43,45,47,49H,5-11,13-16H2,1-4H3,(H2,41,48)/t17?,19-,20?,22+,24?,36+/m1/s1.